The molecule has 2 rings (SSSR count). The first-order valence-corrected chi connectivity index (χ1v) is 7.12. The third-order valence-electron chi connectivity index (χ3n) is 3.57. The molecule has 0 radical (unpaired) electrons. The van der Waals surface area contributed by atoms with Gasteiger partial charge < -0.3 is 23.8 Å². The first-order valence-electron chi connectivity index (χ1n) is 7.12. The van der Waals surface area contributed by atoms with E-state index in [2.05, 4.69) is 4.74 Å². The standard InChI is InChI=1S/C15H15FN2O8/c1-23-12-4-9(16)10(18(21)22)5-11(12)17-7-26-6-8(14(19)24-2)13(17)15(20)25-3/h4-5H,6-7H2,1-3H3. The quantitative estimate of drug-likeness (QED) is 0.427. The molecule has 1 aliphatic heterocycles. The van der Waals surface area contributed by atoms with Gasteiger partial charge >= 0.3 is 17.6 Å². The van der Waals surface area contributed by atoms with Crippen LogP contribution in [0.15, 0.2) is 23.4 Å². The summed E-state index contributed by atoms with van der Waals surface area (Å²) >= 11 is 0. The lowest BCUT2D eigenvalue weighted by Crippen LogP contribution is -2.39. The Bertz CT molecular complexity index is 792. The fourth-order valence-electron chi connectivity index (χ4n) is 2.38. The van der Waals surface area contributed by atoms with E-state index >= 15 is 0 Å². The van der Waals surface area contributed by atoms with Crippen molar-refractivity contribution in [2.45, 2.75) is 0 Å². The summed E-state index contributed by atoms with van der Waals surface area (Å²) in [4.78, 5) is 35.4. The first-order chi connectivity index (χ1) is 12.3. The number of rotatable bonds is 5. The molecule has 1 heterocycles. The van der Waals surface area contributed by atoms with Crippen molar-refractivity contribution in [3.05, 3.63) is 39.3 Å². The average molecular weight is 370 g/mol. The van der Waals surface area contributed by atoms with Crippen LogP contribution in [0.1, 0.15) is 0 Å². The topological polar surface area (TPSA) is 117 Å². The van der Waals surface area contributed by atoms with E-state index in [0.29, 0.717) is 0 Å². The largest absolute Gasteiger partial charge is 0.494 e. The number of benzene rings is 1. The Labute approximate surface area is 146 Å². The monoisotopic (exact) mass is 370 g/mol. The van der Waals surface area contributed by atoms with Crippen molar-refractivity contribution in [2.24, 2.45) is 0 Å². The van der Waals surface area contributed by atoms with Crippen molar-refractivity contribution >= 4 is 23.3 Å². The number of nitro groups is 1. The number of nitro benzene ring substituents is 1. The third-order valence-corrected chi connectivity index (χ3v) is 3.57. The molecule has 0 saturated heterocycles. The number of esters is 2. The van der Waals surface area contributed by atoms with Crippen molar-refractivity contribution in [1.82, 2.24) is 0 Å². The summed E-state index contributed by atoms with van der Waals surface area (Å²) < 4.78 is 33.5. The molecule has 0 aliphatic carbocycles. The summed E-state index contributed by atoms with van der Waals surface area (Å²) in [5, 5.41) is 11.0. The predicted octanol–water partition coefficient (Wildman–Crippen LogP) is 1.14. The van der Waals surface area contributed by atoms with Crippen LogP contribution in [0.2, 0.25) is 0 Å². The SMILES string of the molecule is COC(=O)C1=C(C(=O)OC)N(c2cc([N+](=O)[O-])c(F)cc2OC)COC1. The van der Waals surface area contributed by atoms with Gasteiger partial charge in [0.1, 0.15) is 18.2 Å². The Hall–Kier alpha value is -3.21. The molecule has 0 N–H and O–H groups in total. The molecule has 11 heteroatoms. The van der Waals surface area contributed by atoms with E-state index in [4.69, 9.17) is 14.2 Å². The number of carbonyl (C=O) groups is 2. The van der Waals surface area contributed by atoms with E-state index in [-0.39, 0.29) is 36.0 Å². The Morgan fingerprint density at radius 2 is 1.88 bits per heavy atom. The van der Waals surface area contributed by atoms with Crippen molar-refractivity contribution in [2.75, 3.05) is 39.6 Å². The number of carbonyl (C=O) groups excluding carboxylic acids is 2. The normalized spacial score (nSPS) is 14.1. The number of ether oxygens (including phenoxy) is 4. The summed E-state index contributed by atoms with van der Waals surface area (Å²) in [7, 11) is 3.44. The van der Waals surface area contributed by atoms with Crippen LogP contribution < -0.4 is 9.64 Å². The highest BCUT2D eigenvalue weighted by Gasteiger charge is 2.35. The van der Waals surface area contributed by atoms with Crippen molar-refractivity contribution < 1.29 is 37.9 Å². The van der Waals surface area contributed by atoms with Gasteiger partial charge in [0.15, 0.2) is 0 Å². The van der Waals surface area contributed by atoms with Crippen molar-refractivity contribution in [3.63, 3.8) is 0 Å². The zero-order valence-electron chi connectivity index (χ0n) is 14.1. The van der Waals surface area contributed by atoms with Crippen LogP contribution >= 0.6 is 0 Å². The summed E-state index contributed by atoms with van der Waals surface area (Å²) in [5.74, 6) is -2.97. The lowest BCUT2D eigenvalue weighted by molar-refractivity contribution is -0.387. The Kier molecular flexibility index (Phi) is 5.72. The van der Waals surface area contributed by atoms with E-state index < -0.39 is 28.4 Å². The highest BCUT2D eigenvalue weighted by Crippen LogP contribution is 2.38. The number of anilines is 1. The van der Waals surface area contributed by atoms with Crippen molar-refractivity contribution in [3.8, 4) is 5.75 Å². The molecule has 0 fully saturated rings. The van der Waals surface area contributed by atoms with E-state index in [1.54, 1.807) is 0 Å². The molecule has 1 aromatic rings. The maximum Gasteiger partial charge on any atom is 0.355 e. The Morgan fingerprint density at radius 1 is 1.23 bits per heavy atom. The van der Waals surface area contributed by atoms with Gasteiger partial charge in [-0.1, -0.05) is 0 Å². The van der Waals surface area contributed by atoms with Crippen LogP contribution in [0.25, 0.3) is 0 Å². The maximum absolute atomic E-state index is 13.9. The number of nitrogens with zero attached hydrogens (tertiary/aromatic N) is 2. The van der Waals surface area contributed by atoms with Gasteiger partial charge in [0.2, 0.25) is 5.82 Å². The molecule has 0 atom stereocenters. The summed E-state index contributed by atoms with van der Waals surface area (Å²) in [6, 6.07) is 1.68. The van der Waals surface area contributed by atoms with Gasteiger partial charge in [-0.2, -0.15) is 4.39 Å². The molecule has 1 aliphatic rings. The Morgan fingerprint density at radius 3 is 2.42 bits per heavy atom. The van der Waals surface area contributed by atoms with Gasteiger partial charge in [0.25, 0.3) is 0 Å². The lowest BCUT2D eigenvalue weighted by atomic mass is 10.1. The molecule has 0 amide bonds. The summed E-state index contributed by atoms with van der Waals surface area (Å²) in [5.41, 5.74) is -1.29. The van der Waals surface area contributed by atoms with Crippen LogP contribution in [0, 0.1) is 15.9 Å². The fourth-order valence-corrected chi connectivity index (χ4v) is 2.38. The first kappa shape index (κ1) is 19.1. The molecule has 0 bridgehead atoms. The van der Waals surface area contributed by atoms with Gasteiger partial charge in [0, 0.05) is 12.1 Å². The zero-order chi connectivity index (χ0) is 19.4. The number of halogens is 1. The minimum absolute atomic E-state index is 0.0536. The average Bonchev–Trinajstić information content (AvgIpc) is 2.65. The molecule has 0 spiro atoms. The van der Waals surface area contributed by atoms with Crippen LogP contribution in [0.4, 0.5) is 15.8 Å². The fraction of sp³-hybridized carbons (Fsp3) is 0.333. The van der Waals surface area contributed by atoms with Crippen molar-refractivity contribution in [1.29, 1.82) is 0 Å². The molecule has 10 nitrogen and oxygen atoms in total. The molecule has 0 aromatic heterocycles. The van der Waals surface area contributed by atoms with Gasteiger partial charge in [-0.05, 0) is 0 Å². The molecule has 0 saturated carbocycles. The van der Waals surface area contributed by atoms with E-state index in [1.165, 1.54) is 7.11 Å². The second-order valence-corrected chi connectivity index (χ2v) is 4.95. The molecular weight excluding hydrogens is 355 g/mol. The number of methoxy groups -OCH3 is 3. The van der Waals surface area contributed by atoms with Crippen LogP contribution in [-0.4, -0.2) is 51.5 Å². The van der Waals surface area contributed by atoms with Crippen LogP contribution in [0.3, 0.4) is 0 Å². The van der Waals surface area contributed by atoms with Crippen LogP contribution in [-0.2, 0) is 23.8 Å². The smallest absolute Gasteiger partial charge is 0.355 e. The van der Waals surface area contributed by atoms with Gasteiger partial charge in [-0.15, -0.1) is 0 Å². The second-order valence-electron chi connectivity index (χ2n) is 4.95. The second kappa shape index (κ2) is 7.78. The molecular formula is C15H15FN2O8. The zero-order valence-corrected chi connectivity index (χ0v) is 14.1. The summed E-state index contributed by atoms with van der Waals surface area (Å²) in [6.45, 7) is -0.497. The predicted molar refractivity (Wildman–Crippen MR) is 84.0 cm³/mol. The van der Waals surface area contributed by atoms with Crippen LogP contribution in [0.5, 0.6) is 5.75 Å². The van der Waals surface area contributed by atoms with Gasteiger partial charge in [-0.3, -0.25) is 10.1 Å². The maximum atomic E-state index is 13.9. The molecule has 0 unspecified atom stereocenters. The Balaban J connectivity index is 2.71. The van der Waals surface area contributed by atoms with E-state index in [1.807, 2.05) is 0 Å². The van der Waals surface area contributed by atoms with E-state index in [0.717, 1.165) is 31.3 Å². The molecule has 140 valence electrons. The molecule has 26 heavy (non-hydrogen) atoms. The number of hydrogen-bond donors (Lipinski definition) is 0. The third kappa shape index (κ3) is 3.42. The number of hydrogen-bond acceptors (Lipinski definition) is 9. The highest BCUT2D eigenvalue weighted by molar-refractivity contribution is 6.03. The summed E-state index contributed by atoms with van der Waals surface area (Å²) in [6.07, 6.45) is 0. The van der Waals surface area contributed by atoms with Gasteiger partial charge in [0.05, 0.1) is 44.1 Å². The van der Waals surface area contributed by atoms with E-state index in [9.17, 15) is 24.1 Å². The highest BCUT2D eigenvalue weighted by atomic mass is 19.1. The molecule has 1 aromatic carbocycles. The minimum Gasteiger partial charge on any atom is -0.494 e. The lowest BCUT2D eigenvalue weighted by Gasteiger charge is -2.31. The van der Waals surface area contributed by atoms with Gasteiger partial charge in [-0.25, -0.2) is 9.59 Å². The minimum atomic E-state index is -1.12.